The number of nitrogens with one attached hydrogen (secondary N) is 1. The Morgan fingerprint density at radius 3 is 2.30 bits per heavy atom. The number of benzene rings is 1. The zero-order chi connectivity index (χ0) is 15.1. The van der Waals surface area contributed by atoms with Crippen molar-refractivity contribution < 1.29 is 24.2 Å². The number of ether oxygens (including phenoxy) is 1. The number of aliphatic hydroxyl groups is 1. The van der Waals surface area contributed by atoms with E-state index in [1.54, 1.807) is 26.0 Å². The topological polar surface area (TPSA) is 92.7 Å². The Balaban J connectivity index is 2.46. The van der Waals surface area contributed by atoms with Gasteiger partial charge in [-0.3, -0.25) is 14.9 Å². The van der Waals surface area contributed by atoms with Crippen LogP contribution in [0, 0.1) is 5.92 Å². The summed E-state index contributed by atoms with van der Waals surface area (Å²) in [6.07, 6.45) is 0. The van der Waals surface area contributed by atoms with Gasteiger partial charge >= 0.3 is 5.97 Å². The van der Waals surface area contributed by atoms with Gasteiger partial charge in [0, 0.05) is 5.92 Å². The molecule has 2 amide bonds. The molecule has 0 aliphatic heterocycles. The molecule has 20 heavy (non-hydrogen) atoms. The van der Waals surface area contributed by atoms with E-state index in [0.717, 1.165) is 0 Å². The van der Waals surface area contributed by atoms with Gasteiger partial charge in [0.15, 0.2) is 6.61 Å². The molecule has 0 bridgehead atoms. The Morgan fingerprint density at radius 2 is 1.80 bits per heavy atom. The number of amides is 2. The maximum Gasteiger partial charge on any atom is 0.338 e. The first-order chi connectivity index (χ1) is 9.43. The Labute approximate surface area is 116 Å². The summed E-state index contributed by atoms with van der Waals surface area (Å²) in [5, 5.41) is 11.0. The van der Waals surface area contributed by atoms with Gasteiger partial charge in [-0.05, 0) is 17.7 Å². The van der Waals surface area contributed by atoms with E-state index < -0.39 is 24.4 Å². The van der Waals surface area contributed by atoms with E-state index >= 15 is 0 Å². The van der Waals surface area contributed by atoms with E-state index in [1.807, 2.05) is 0 Å². The Hall–Kier alpha value is -2.21. The Morgan fingerprint density at radius 1 is 1.20 bits per heavy atom. The van der Waals surface area contributed by atoms with E-state index in [0.29, 0.717) is 5.56 Å². The lowest BCUT2D eigenvalue weighted by molar-refractivity contribution is -0.133. The average Bonchev–Trinajstić information content (AvgIpc) is 2.44. The minimum absolute atomic E-state index is 0.116. The number of esters is 1. The highest BCUT2D eigenvalue weighted by Gasteiger charge is 2.14. The van der Waals surface area contributed by atoms with Gasteiger partial charge in [-0.15, -0.1) is 0 Å². The first-order valence-electron chi connectivity index (χ1n) is 6.14. The summed E-state index contributed by atoms with van der Waals surface area (Å²) in [6.45, 7) is 2.67. The summed E-state index contributed by atoms with van der Waals surface area (Å²) in [6, 6.07) is 6.15. The average molecular weight is 279 g/mol. The third kappa shape index (κ3) is 4.81. The molecule has 108 valence electrons. The molecule has 0 heterocycles. The van der Waals surface area contributed by atoms with Crippen molar-refractivity contribution in [1.82, 2.24) is 5.32 Å². The predicted molar refractivity (Wildman–Crippen MR) is 70.6 cm³/mol. The van der Waals surface area contributed by atoms with Crippen molar-refractivity contribution in [2.75, 3.05) is 6.61 Å². The fourth-order valence-corrected chi connectivity index (χ4v) is 1.28. The van der Waals surface area contributed by atoms with E-state index in [2.05, 4.69) is 5.32 Å². The standard InChI is InChI=1S/C14H17NO5/c1-9(2)13(18)15-12(17)8-20-14(19)11-5-3-10(7-16)4-6-11/h3-6,9,16H,7-8H2,1-2H3,(H,15,17,18). The molecule has 1 aromatic rings. The maximum absolute atomic E-state index is 11.6. The quantitative estimate of drug-likeness (QED) is 0.771. The normalized spacial score (nSPS) is 10.2. The molecule has 0 atom stereocenters. The van der Waals surface area contributed by atoms with Crippen LogP contribution in [0.2, 0.25) is 0 Å². The van der Waals surface area contributed by atoms with Crippen LogP contribution in [0.1, 0.15) is 29.8 Å². The highest BCUT2D eigenvalue weighted by atomic mass is 16.5. The van der Waals surface area contributed by atoms with Crippen LogP contribution < -0.4 is 5.32 Å². The molecule has 2 N–H and O–H groups in total. The summed E-state index contributed by atoms with van der Waals surface area (Å²) in [5.74, 6) is -2.07. The summed E-state index contributed by atoms with van der Waals surface area (Å²) in [5.41, 5.74) is 0.937. The van der Waals surface area contributed by atoms with Crippen molar-refractivity contribution in [3.05, 3.63) is 35.4 Å². The Kier molecular flexibility index (Phi) is 5.86. The van der Waals surface area contributed by atoms with Gasteiger partial charge in [-0.1, -0.05) is 26.0 Å². The third-order valence-electron chi connectivity index (χ3n) is 2.49. The van der Waals surface area contributed by atoms with Gasteiger partial charge < -0.3 is 9.84 Å². The molecule has 0 aliphatic carbocycles. The molecular formula is C14H17NO5. The van der Waals surface area contributed by atoms with Crippen LogP contribution in [0.3, 0.4) is 0 Å². The second-order valence-corrected chi connectivity index (χ2v) is 4.50. The van der Waals surface area contributed by atoms with E-state index in [-0.39, 0.29) is 18.1 Å². The van der Waals surface area contributed by atoms with Crippen LogP contribution in [0.5, 0.6) is 0 Å². The minimum Gasteiger partial charge on any atom is -0.452 e. The number of aliphatic hydroxyl groups excluding tert-OH is 1. The summed E-state index contributed by atoms with van der Waals surface area (Å²) in [4.78, 5) is 34.2. The van der Waals surface area contributed by atoms with Crippen molar-refractivity contribution in [1.29, 1.82) is 0 Å². The van der Waals surface area contributed by atoms with Gasteiger partial charge in [0.1, 0.15) is 0 Å². The van der Waals surface area contributed by atoms with Crippen molar-refractivity contribution in [3.63, 3.8) is 0 Å². The largest absolute Gasteiger partial charge is 0.452 e. The first-order valence-corrected chi connectivity index (χ1v) is 6.14. The molecule has 0 fully saturated rings. The van der Waals surface area contributed by atoms with Gasteiger partial charge in [-0.25, -0.2) is 4.79 Å². The van der Waals surface area contributed by atoms with Crippen molar-refractivity contribution in [3.8, 4) is 0 Å². The number of hydrogen-bond donors (Lipinski definition) is 2. The van der Waals surface area contributed by atoms with Crippen LogP contribution in [0.4, 0.5) is 0 Å². The van der Waals surface area contributed by atoms with Gasteiger partial charge in [0.2, 0.25) is 5.91 Å². The van der Waals surface area contributed by atoms with Crippen LogP contribution in [0.15, 0.2) is 24.3 Å². The number of carbonyl (C=O) groups is 3. The van der Waals surface area contributed by atoms with Gasteiger partial charge in [0.05, 0.1) is 12.2 Å². The molecule has 0 saturated carbocycles. The molecule has 0 radical (unpaired) electrons. The SMILES string of the molecule is CC(C)C(=O)NC(=O)COC(=O)c1ccc(CO)cc1. The Bertz CT molecular complexity index is 493. The minimum atomic E-state index is -0.665. The molecule has 6 nitrogen and oxygen atoms in total. The highest BCUT2D eigenvalue weighted by Crippen LogP contribution is 2.05. The molecule has 0 spiro atoms. The van der Waals surface area contributed by atoms with Crippen LogP contribution in [0.25, 0.3) is 0 Å². The molecule has 0 aromatic heterocycles. The molecule has 0 aliphatic rings. The van der Waals surface area contributed by atoms with E-state index in [9.17, 15) is 14.4 Å². The summed E-state index contributed by atoms with van der Waals surface area (Å²) < 4.78 is 4.78. The number of carbonyl (C=O) groups excluding carboxylic acids is 3. The van der Waals surface area contributed by atoms with Gasteiger partial charge in [-0.2, -0.15) is 0 Å². The first kappa shape index (κ1) is 15.8. The molecule has 6 heteroatoms. The predicted octanol–water partition coefficient (Wildman–Crippen LogP) is 0.634. The van der Waals surface area contributed by atoms with Crippen LogP contribution >= 0.6 is 0 Å². The van der Waals surface area contributed by atoms with E-state index in [4.69, 9.17) is 9.84 Å². The molecule has 0 unspecified atom stereocenters. The zero-order valence-corrected chi connectivity index (χ0v) is 11.4. The molecule has 0 saturated heterocycles. The summed E-state index contributed by atoms with van der Waals surface area (Å²) >= 11 is 0. The fourth-order valence-electron chi connectivity index (χ4n) is 1.28. The summed E-state index contributed by atoms with van der Waals surface area (Å²) in [7, 11) is 0. The number of rotatable bonds is 5. The number of hydrogen-bond acceptors (Lipinski definition) is 5. The lowest BCUT2D eigenvalue weighted by Gasteiger charge is -2.07. The second kappa shape index (κ2) is 7.40. The van der Waals surface area contributed by atoms with Gasteiger partial charge in [0.25, 0.3) is 5.91 Å². The van der Waals surface area contributed by atoms with Crippen molar-refractivity contribution in [2.24, 2.45) is 5.92 Å². The van der Waals surface area contributed by atoms with Crippen LogP contribution in [-0.2, 0) is 20.9 Å². The highest BCUT2D eigenvalue weighted by molar-refractivity contribution is 5.98. The molecular weight excluding hydrogens is 262 g/mol. The lowest BCUT2D eigenvalue weighted by Crippen LogP contribution is -2.36. The number of imide groups is 1. The molecule has 1 aromatic carbocycles. The lowest BCUT2D eigenvalue weighted by atomic mass is 10.1. The maximum atomic E-state index is 11.6. The fraction of sp³-hybridized carbons (Fsp3) is 0.357. The van der Waals surface area contributed by atoms with Crippen molar-refractivity contribution in [2.45, 2.75) is 20.5 Å². The second-order valence-electron chi connectivity index (χ2n) is 4.50. The zero-order valence-electron chi connectivity index (χ0n) is 11.4. The monoisotopic (exact) mass is 279 g/mol. The van der Waals surface area contributed by atoms with E-state index in [1.165, 1.54) is 12.1 Å². The van der Waals surface area contributed by atoms with Crippen LogP contribution in [-0.4, -0.2) is 29.5 Å². The van der Waals surface area contributed by atoms with Crippen molar-refractivity contribution >= 4 is 17.8 Å². The third-order valence-corrected chi connectivity index (χ3v) is 2.49. The smallest absolute Gasteiger partial charge is 0.338 e. The molecule has 1 rings (SSSR count).